The van der Waals surface area contributed by atoms with E-state index in [9.17, 15) is 18.0 Å². The minimum Gasteiger partial charge on any atom is -0.350 e. The van der Waals surface area contributed by atoms with Gasteiger partial charge in [-0.25, -0.2) is 9.97 Å². The van der Waals surface area contributed by atoms with E-state index < -0.39 is 17.8 Å². The number of fused-ring (bicyclic) bond motifs is 1. The number of nitrogens with zero attached hydrogens (tertiary/aromatic N) is 5. The maximum Gasteiger partial charge on any atom is 0.433 e. The number of halogens is 3. The smallest absolute Gasteiger partial charge is 0.350 e. The molecule has 0 radical (unpaired) electrons. The van der Waals surface area contributed by atoms with Crippen LogP contribution >= 0.6 is 0 Å². The SMILES string of the molecule is Cc1cc(C(F)(F)F)n(C[C@H](C)CNC(=O)c2cn3cccnc3n2)n1. The van der Waals surface area contributed by atoms with Gasteiger partial charge >= 0.3 is 6.18 Å². The fourth-order valence-electron chi connectivity index (χ4n) is 2.57. The van der Waals surface area contributed by atoms with E-state index in [-0.39, 0.29) is 24.7 Å². The Morgan fingerprint density at radius 3 is 2.85 bits per heavy atom. The molecule has 3 aromatic heterocycles. The molecule has 0 saturated carbocycles. The lowest BCUT2D eigenvalue weighted by atomic mass is 10.2. The largest absolute Gasteiger partial charge is 0.433 e. The number of alkyl halides is 3. The minimum atomic E-state index is -4.46. The molecule has 1 N–H and O–H groups in total. The molecule has 7 nitrogen and oxygen atoms in total. The van der Waals surface area contributed by atoms with E-state index >= 15 is 0 Å². The van der Waals surface area contributed by atoms with E-state index in [4.69, 9.17) is 0 Å². The highest BCUT2D eigenvalue weighted by Crippen LogP contribution is 2.30. The lowest BCUT2D eigenvalue weighted by molar-refractivity contribution is -0.144. The molecule has 1 atom stereocenters. The monoisotopic (exact) mass is 366 g/mol. The summed E-state index contributed by atoms with van der Waals surface area (Å²) in [5, 5.41) is 6.57. The van der Waals surface area contributed by atoms with Crippen LogP contribution in [0.15, 0.2) is 30.7 Å². The Bertz CT molecular complexity index is 897. The summed E-state index contributed by atoms with van der Waals surface area (Å²) in [6.07, 6.45) is 0.360. The van der Waals surface area contributed by atoms with E-state index in [0.717, 1.165) is 10.7 Å². The van der Waals surface area contributed by atoms with Gasteiger partial charge in [0.25, 0.3) is 5.91 Å². The summed E-state index contributed by atoms with van der Waals surface area (Å²) in [6, 6.07) is 2.72. The van der Waals surface area contributed by atoms with E-state index in [0.29, 0.717) is 11.5 Å². The number of amides is 1. The lowest BCUT2D eigenvalue weighted by Gasteiger charge is -2.15. The molecular weight excluding hydrogens is 349 g/mol. The number of carbonyl (C=O) groups excluding carboxylic acids is 1. The summed E-state index contributed by atoms with van der Waals surface area (Å²) >= 11 is 0. The third-order valence-electron chi connectivity index (χ3n) is 3.76. The number of aromatic nitrogens is 5. The maximum absolute atomic E-state index is 13.0. The van der Waals surface area contributed by atoms with E-state index in [2.05, 4.69) is 20.4 Å². The molecule has 3 heterocycles. The summed E-state index contributed by atoms with van der Waals surface area (Å²) in [5.74, 6) is -0.267. The van der Waals surface area contributed by atoms with Crippen LogP contribution in [0.1, 0.15) is 28.8 Å². The first kappa shape index (κ1) is 17.9. The molecule has 26 heavy (non-hydrogen) atoms. The van der Waals surface area contributed by atoms with Gasteiger partial charge in [-0.15, -0.1) is 0 Å². The van der Waals surface area contributed by atoms with E-state index in [1.807, 2.05) is 0 Å². The van der Waals surface area contributed by atoms with E-state index in [1.54, 1.807) is 36.0 Å². The standard InChI is InChI=1S/C16H17F3N6O/c1-10(8-25-13(16(17,18)19)6-11(2)23-25)7-21-14(26)12-9-24-5-3-4-20-15(24)22-12/h3-6,9-10H,7-8H2,1-2H3,(H,21,26)/t10-/m1/s1. The molecule has 3 rings (SSSR count). The summed E-state index contributed by atoms with van der Waals surface area (Å²) in [7, 11) is 0. The van der Waals surface area contributed by atoms with Gasteiger partial charge in [0, 0.05) is 31.7 Å². The number of nitrogens with one attached hydrogen (secondary N) is 1. The van der Waals surface area contributed by atoms with Gasteiger partial charge in [-0.3, -0.25) is 13.9 Å². The summed E-state index contributed by atoms with van der Waals surface area (Å²) in [5.41, 5.74) is -0.299. The van der Waals surface area contributed by atoms with Gasteiger partial charge in [-0.1, -0.05) is 6.92 Å². The maximum atomic E-state index is 13.0. The van der Waals surface area contributed by atoms with Crippen molar-refractivity contribution in [3.8, 4) is 0 Å². The third kappa shape index (κ3) is 3.84. The van der Waals surface area contributed by atoms with Gasteiger partial charge in [0.15, 0.2) is 0 Å². The first-order valence-corrected chi connectivity index (χ1v) is 7.93. The molecule has 0 fully saturated rings. The van der Waals surface area contributed by atoms with Crippen molar-refractivity contribution in [2.45, 2.75) is 26.6 Å². The van der Waals surface area contributed by atoms with Crippen LogP contribution in [-0.2, 0) is 12.7 Å². The van der Waals surface area contributed by atoms with Crippen LogP contribution in [0.5, 0.6) is 0 Å². The molecule has 0 aliphatic carbocycles. The summed E-state index contributed by atoms with van der Waals surface area (Å²) in [6.45, 7) is 3.48. The number of rotatable bonds is 5. The quantitative estimate of drug-likeness (QED) is 0.752. The second kappa shape index (κ2) is 6.77. The van der Waals surface area contributed by atoms with Crippen LogP contribution in [0.25, 0.3) is 5.78 Å². The van der Waals surface area contributed by atoms with Crippen LogP contribution in [-0.4, -0.2) is 36.6 Å². The van der Waals surface area contributed by atoms with Crippen LogP contribution < -0.4 is 5.32 Å². The number of hydrogen-bond acceptors (Lipinski definition) is 4. The van der Waals surface area contributed by atoms with Gasteiger partial charge in [-0.2, -0.15) is 18.3 Å². The van der Waals surface area contributed by atoms with E-state index in [1.165, 1.54) is 6.92 Å². The van der Waals surface area contributed by atoms with Crippen molar-refractivity contribution < 1.29 is 18.0 Å². The molecular formula is C16H17F3N6O. The normalized spacial score (nSPS) is 13.1. The van der Waals surface area contributed by atoms with Crippen LogP contribution in [0.2, 0.25) is 0 Å². The molecule has 0 saturated heterocycles. The third-order valence-corrected chi connectivity index (χ3v) is 3.76. The molecule has 0 bridgehead atoms. The van der Waals surface area contributed by atoms with Gasteiger partial charge in [0.2, 0.25) is 5.78 Å². The average molecular weight is 366 g/mol. The Labute approximate surface area is 146 Å². The predicted octanol–water partition coefficient (Wildman–Crippen LogP) is 2.32. The summed E-state index contributed by atoms with van der Waals surface area (Å²) in [4.78, 5) is 20.3. The van der Waals surface area contributed by atoms with Gasteiger partial charge in [0.1, 0.15) is 11.4 Å². The van der Waals surface area contributed by atoms with Crippen LogP contribution in [0.4, 0.5) is 13.2 Å². The second-order valence-electron chi connectivity index (χ2n) is 6.12. The second-order valence-corrected chi connectivity index (χ2v) is 6.12. The number of hydrogen-bond donors (Lipinski definition) is 1. The minimum absolute atomic E-state index is 0.0374. The van der Waals surface area contributed by atoms with Crippen LogP contribution in [0, 0.1) is 12.8 Å². The Balaban J connectivity index is 1.62. The average Bonchev–Trinajstić information content (AvgIpc) is 3.15. The molecule has 0 unspecified atom stereocenters. The molecule has 10 heteroatoms. The number of aryl methyl sites for hydroxylation is 1. The van der Waals surface area contributed by atoms with Gasteiger partial charge in [-0.05, 0) is 25.0 Å². The highest BCUT2D eigenvalue weighted by molar-refractivity contribution is 5.92. The molecule has 138 valence electrons. The Kier molecular flexibility index (Phi) is 4.66. The molecule has 0 aliphatic rings. The Hall–Kier alpha value is -2.91. The molecule has 3 aromatic rings. The van der Waals surface area contributed by atoms with Crippen LogP contribution in [0.3, 0.4) is 0 Å². The number of carbonyl (C=O) groups is 1. The molecule has 0 spiro atoms. The van der Waals surface area contributed by atoms with Crippen molar-refractivity contribution in [1.82, 2.24) is 29.5 Å². The van der Waals surface area contributed by atoms with Gasteiger partial charge in [0.05, 0.1) is 5.69 Å². The van der Waals surface area contributed by atoms with Crippen molar-refractivity contribution in [3.05, 3.63) is 47.8 Å². The summed E-state index contributed by atoms with van der Waals surface area (Å²) < 4.78 is 41.5. The fourth-order valence-corrected chi connectivity index (χ4v) is 2.57. The molecule has 0 aliphatic heterocycles. The first-order valence-electron chi connectivity index (χ1n) is 7.93. The topological polar surface area (TPSA) is 77.1 Å². The predicted molar refractivity (Wildman–Crippen MR) is 86.5 cm³/mol. The van der Waals surface area contributed by atoms with Crippen molar-refractivity contribution >= 4 is 11.7 Å². The van der Waals surface area contributed by atoms with Crippen molar-refractivity contribution in [3.63, 3.8) is 0 Å². The highest BCUT2D eigenvalue weighted by atomic mass is 19.4. The van der Waals surface area contributed by atoms with Crippen molar-refractivity contribution in [1.29, 1.82) is 0 Å². The zero-order valence-electron chi connectivity index (χ0n) is 14.2. The van der Waals surface area contributed by atoms with Crippen molar-refractivity contribution in [2.24, 2.45) is 5.92 Å². The molecule has 0 aromatic carbocycles. The zero-order valence-corrected chi connectivity index (χ0v) is 14.2. The fraction of sp³-hybridized carbons (Fsp3) is 0.375. The zero-order chi connectivity index (χ0) is 18.9. The number of imidazole rings is 1. The Morgan fingerprint density at radius 1 is 1.38 bits per heavy atom. The Morgan fingerprint density at radius 2 is 2.15 bits per heavy atom. The lowest BCUT2D eigenvalue weighted by Crippen LogP contribution is -2.31. The highest BCUT2D eigenvalue weighted by Gasteiger charge is 2.35. The molecule has 1 amide bonds. The van der Waals surface area contributed by atoms with Crippen molar-refractivity contribution in [2.75, 3.05) is 6.54 Å². The first-order chi connectivity index (χ1) is 12.2. The van der Waals surface area contributed by atoms with Gasteiger partial charge < -0.3 is 5.32 Å².